The summed E-state index contributed by atoms with van der Waals surface area (Å²) in [6, 6.07) is 1.08. The first-order valence-corrected chi connectivity index (χ1v) is 6.80. The van der Waals surface area contributed by atoms with E-state index in [2.05, 4.69) is 0 Å². The Balaban J connectivity index is 2.46. The van der Waals surface area contributed by atoms with Gasteiger partial charge in [-0.3, -0.25) is 0 Å². The van der Waals surface area contributed by atoms with Crippen LogP contribution in [-0.4, -0.2) is 21.6 Å². The Morgan fingerprint density at radius 1 is 1.50 bits per heavy atom. The summed E-state index contributed by atoms with van der Waals surface area (Å²) in [5.41, 5.74) is 0. The molecule has 2 rings (SSSR count). The largest absolute Gasteiger partial charge is 0.343 e. The number of halogens is 1. The molecule has 1 fully saturated rings. The number of nitrogens with two attached hydrogens (primary N) is 1. The van der Waals surface area contributed by atoms with Crippen LogP contribution in [0.3, 0.4) is 0 Å². The van der Waals surface area contributed by atoms with Crippen molar-refractivity contribution in [2.75, 3.05) is 13.2 Å². The number of hydrogen-bond acceptors (Lipinski definition) is 5. The summed E-state index contributed by atoms with van der Waals surface area (Å²) in [6.45, 7) is 2.39. The summed E-state index contributed by atoms with van der Waals surface area (Å²) in [5.74, 6) is -1.95. The Kier molecular flexibility index (Phi) is 2.79. The molecule has 2 N–H and O–H groups in total. The highest BCUT2D eigenvalue weighted by molar-refractivity contribution is 7.91. The summed E-state index contributed by atoms with van der Waals surface area (Å²) in [5, 5.41) is 4.87. The van der Waals surface area contributed by atoms with Crippen LogP contribution in [0.1, 0.15) is 11.8 Å². The molecule has 0 unspecified atom stereocenters. The fourth-order valence-electron chi connectivity index (χ4n) is 1.43. The normalized spacial score (nSPS) is 20.2. The van der Waals surface area contributed by atoms with Gasteiger partial charge in [0.05, 0.1) is 18.1 Å². The molecule has 0 amide bonds. The first-order valence-electron chi connectivity index (χ1n) is 4.43. The van der Waals surface area contributed by atoms with Crippen molar-refractivity contribution in [2.45, 2.75) is 16.9 Å². The van der Waals surface area contributed by atoms with E-state index in [9.17, 15) is 12.8 Å². The van der Waals surface area contributed by atoms with Crippen molar-refractivity contribution in [3.63, 3.8) is 0 Å². The van der Waals surface area contributed by atoms with Crippen LogP contribution in [-0.2, 0) is 25.3 Å². The van der Waals surface area contributed by atoms with Crippen molar-refractivity contribution in [3.05, 3.63) is 16.8 Å². The van der Waals surface area contributed by atoms with Gasteiger partial charge in [0.15, 0.2) is 10.0 Å². The van der Waals surface area contributed by atoms with Gasteiger partial charge in [0.1, 0.15) is 0 Å². The molecule has 8 heteroatoms. The van der Waals surface area contributed by atoms with Gasteiger partial charge in [0.2, 0.25) is 5.79 Å². The molecule has 0 atom stereocenters. The predicted molar refractivity (Wildman–Crippen MR) is 54.9 cm³/mol. The van der Waals surface area contributed by atoms with E-state index in [0.717, 1.165) is 17.4 Å². The molecule has 1 aliphatic rings. The van der Waals surface area contributed by atoms with Crippen LogP contribution in [0.15, 0.2) is 10.3 Å². The number of rotatable bonds is 2. The van der Waals surface area contributed by atoms with E-state index in [1.54, 1.807) is 6.92 Å². The van der Waals surface area contributed by atoms with Gasteiger partial charge in [-0.05, 0) is 13.0 Å². The first-order chi connectivity index (χ1) is 7.33. The third-order valence-electron chi connectivity index (χ3n) is 2.20. The second-order valence-corrected chi connectivity index (χ2v) is 6.24. The van der Waals surface area contributed by atoms with Gasteiger partial charge in [-0.25, -0.2) is 17.9 Å². The van der Waals surface area contributed by atoms with Crippen molar-refractivity contribution >= 4 is 21.4 Å². The van der Waals surface area contributed by atoms with Crippen molar-refractivity contribution in [1.29, 1.82) is 0 Å². The lowest BCUT2D eigenvalue weighted by molar-refractivity contribution is -0.147. The smallest absolute Gasteiger partial charge is 0.250 e. The van der Waals surface area contributed by atoms with Crippen molar-refractivity contribution in [1.82, 2.24) is 0 Å². The van der Waals surface area contributed by atoms with E-state index in [4.69, 9.17) is 14.6 Å². The van der Waals surface area contributed by atoms with E-state index in [1.165, 1.54) is 0 Å². The average molecular weight is 267 g/mol. The summed E-state index contributed by atoms with van der Waals surface area (Å²) in [6.07, 6.45) is 0. The lowest BCUT2D eigenvalue weighted by Gasteiger charge is -2.19. The summed E-state index contributed by atoms with van der Waals surface area (Å²) in [4.78, 5) is 0.353. The molecule has 0 bridgehead atoms. The van der Waals surface area contributed by atoms with Crippen molar-refractivity contribution < 1.29 is 22.3 Å². The standard InChI is InChI=1S/C8H10FNO4S2/c1-8(13-2-3-14-8)6-4-5(9)7(15-6)16(10,11)12/h4H,2-3H2,1H3,(H2,10,11,12). The molecule has 0 radical (unpaired) electrons. The Hall–Kier alpha value is -0.540. The molecule has 2 heterocycles. The molecule has 0 aromatic carbocycles. The Morgan fingerprint density at radius 2 is 2.06 bits per heavy atom. The van der Waals surface area contributed by atoms with Gasteiger partial charge in [0.25, 0.3) is 10.0 Å². The summed E-state index contributed by atoms with van der Waals surface area (Å²) >= 11 is 0.725. The van der Waals surface area contributed by atoms with Gasteiger partial charge < -0.3 is 9.47 Å². The fraction of sp³-hybridized carbons (Fsp3) is 0.500. The highest BCUT2D eigenvalue weighted by Gasteiger charge is 2.37. The second kappa shape index (κ2) is 3.74. The van der Waals surface area contributed by atoms with E-state index in [0.29, 0.717) is 18.1 Å². The van der Waals surface area contributed by atoms with E-state index >= 15 is 0 Å². The van der Waals surface area contributed by atoms with Crippen LogP contribution < -0.4 is 5.14 Å². The van der Waals surface area contributed by atoms with Crippen LogP contribution in [0.5, 0.6) is 0 Å². The third-order valence-corrected chi connectivity index (χ3v) is 4.95. The van der Waals surface area contributed by atoms with Gasteiger partial charge in [0, 0.05) is 0 Å². The molecule has 1 aromatic rings. The molecule has 0 aliphatic carbocycles. The van der Waals surface area contributed by atoms with Crippen LogP contribution in [0.2, 0.25) is 0 Å². The average Bonchev–Trinajstić information content (AvgIpc) is 2.71. The lowest BCUT2D eigenvalue weighted by atomic mass is 10.2. The third kappa shape index (κ3) is 1.98. The summed E-state index contributed by atoms with van der Waals surface area (Å²) in [7, 11) is -4.04. The molecular formula is C8H10FNO4S2. The van der Waals surface area contributed by atoms with Gasteiger partial charge >= 0.3 is 0 Å². The van der Waals surface area contributed by atoms with Crippen LogP contribution in [0, 0.1) is 5.82 Å². The zero-order valence-corrected chi connectivity index (χ0v) is 10.0. The molecule has 1 saturated heterocycles. The minimum absolute atomic E-state index is 0.353. The number of sulfonamides is 1. The van der Waals surface area contributed by atoms with Crippen molar-refractivity contribution in [3.8, 4) is 0 Å². The fourth-order valence-corrected chi connectivity index (χ4v) is 3.31. The molecule has 5 nitrogen and oxygen atoms in total. The van der Waals surface area contributed by atoms with Crippen molar-refractivity contribution in [2.24, 2.45) is 5.14 Å². The predicted octanol–water partition coefficient (Wildman–Crippen LogP) is 0.754. The lowest BCUT2D eigenvalue weighted by Crippen LogP contribution is -2.20. The Bertz CT molecular complexity index is 504. The maximum atomic E-state index is 13.4. The van der Waals surface area contributed by atoms with Gasteiger partial charge in [-0.15, -0.1) is 11.3 Å². The minimum Gasteiger partial charge on any atom is -0.343 e. The second-order valence-electron chi connectivity index (χ2n) is 3.43. The maximum Gasteiger partial charge on any atom is 0.250 e. The monoisotopic (exact) mass is 267 g/mol. The van der Waals surface area contributed by atoms with Gasteiger partial charge in [-0.2, -0.15) is 0 Å². The molecule has 90 valence electrons. The van der Waals surface area contributed by atoms with Gasteiger partial charge in [-0.1, -0.05) is 0 Å². The SMILES string of the molecule is CC1(c2cc(F)c(S(N)(=O)=O)s2)OCCO1. The van der Waals surface area contributed by atoms with E-state index in [1.807, 2.05) is 0 Å². The van der Waals surface area contributed by atoms with Crippen LogP contribution in [0.4, 0.5) is 4.39 Å². The Labute approximate surface area is 96.0 Å². The zero-order chi connectivity index (χ0) is 12.0. The molecule has 1 aliphatic heterocycles. The first kappa shape index (κ1) is 11.9. The molecule has 1 aromatic heterocycles. The Morgan fingerprint density at radius 3 is 2.50 bits per heavy atom. The number of primary sulfonamides is 1. The van der Waals surface area contributed by atoms with Crippen LogP contribution in [0.25, 0.3) is 0 Å². The van der Waals surface area contributed by atoms with E-state index < -0.39 is 25.8 Å². The minimum atomic E-state index is -4.04. The van der Waals surface area contributed by atoms with E-state index in [-0.39, 0.29) is 0 Å². The molecule has 16 heavy (non-hydrogen) atoms. The molecule has 0 spiro atoms. The molecule has 0 saturated carbocycles. The quantitative estimate of drug-likeness (QED) is 0.857. The highest BCUT2D eigenvalue weighted by atomic mass is 32.2. The molecular weight excluding hydrogens is 257 g/mol. The number of hydrogen-bond donors (Lipinski definition) is 1. The van der Waals surface area contributed by atoms with Crippen LogP contribution >= 0.6 is 11.3 Å². The zero-order valence-electron chi connectivity index (χ0n) is 8.40. The topological polar surface area (TPSA) is 78.6 Å². The number of thiophene rings is 1. The number of ether oxygens (including phenoxy) is 2. The summed E-state index contributed by atoms with van der Waals surface area (Å²) < 4.78 is 45.6. The highest BCUT2D eigenvalue weighted by Crippen LogP contribution is 2.38. The maximum absolute atomic E-state index is 13.4.